The van der Waals surface area contributed by atoms with Crippen LogP contribution in [0, 0.1) is 29.1 Å². The predicted molar refractivity (Wildman–Crippen MR) is 61.9 cm³/mol. The van der Waals surface area contributed by atoms with Crippen LogP contribution in [0.1, 0.15) is 27.2 Å². The van der Waals surface area contributed by atoms with Crippen molar-refractivity contribution in [2.24, 2.45) is 29.1 Å². The van der Waals surface area contributed by atoms with E-state index in [0.717, 1.165) is 0 Å². The molecule has 0 aromatic carbocycles. The van der Waals surface area contributed by atoms with Crippen LogP contribution in [0.15, 0.2) is 12.7 Å². The molecule has 0 spiro atoms. The molecular weight excluding hydrogens is 241 g/mol. The Morgan fingerprint density at radius 2 is 1.83 bits per heavy atom. The molecule has 0 radical (unpaired) electrons. The van der Waals surface area contributed by atoms with E-state index in [0.29, 0.717) is 6.42 Å². The fraction of sp³-hybridized carbons (Fsp3) is 0.857. The van der Waals surface area contributed by atoms with E-state index in [1.54, 1.807) is 6.08 Å². The average Bonchev–Trinajstić information content (AvgIpc) is 2.70. The van der Waals surface area contributed by atoms with Crippen molar-refractivity contribution < 1.29 is 17.9 Å². The first-order chi connectivity index (χ1) is 8.14. The third-order valence-electron chi connectivity index (χ3n) is 5.88. The van der Waals surface area contributed by atoms with Gasteiger partial charge in [-0.25, -0.2) is 0 Å². The van der Waals surface area contributed by atoms with Crippen LogP contribution in [0.2, 0.25) is 0 Å². The molecule has 6 unspecified atom stereocenters. The summed E-state index contributed by atoms with van der Waals surface area (Å²) in [5, 5.41) is 0. The minimum absolute atomic E-state index is 0.0112. The number of hydrogen-bond acceptors (Lipinski definition) is 1. The monoisotopic (exact) mass is 260 g/mol. The smallest absolute Gasteiger partial charge is 0.361 e. The lowest BCUT2D eigenvalue weighted by molar-refractivity contribution is -0.274. The maximum absolute atomic E-state index is 13.3. The maximum atomic E-state index is 13.3. The van der Waals surface area contributed by atoms with Crippen molar-refractivity contribution in [2.45, 2.75) is 45.1 Å². The third-order valence-corrected chi connectivity index (χ3v) is 5.88. The van der Waals surface area contributed by atoms with Gasteiger partial charge in [0.1, 0.15) is 0 Å². The first-order valence-electron chi connectivity index (χ1n) is 6.51. The molecule has 0 N–H and O–H groups in total. The number of hydrogen-bond donors (Lipinski definition) is 0. The molecule has 3 fully saturated rings. The Balaban J connectivity index is 2.07. The summed E-state index contributed by atoms with van der Waals surface area (Å²) in [6, 6.07) is 0. The Labute approximate surface area is 105 Å². The van der Waals surface area contributed by atoms with Gasteiger partial charge in [0.25, 0.3) is 0 Å². The van der Waals surface area contributed by atoms with Gasteiger partial charge in [-0.2, -0.15) is 13.2 Å². The van der Waals surface area contributed by atoms with Crippen LogP contribution in [0.4, 0.5) is 13.2 Å². The highest BCUT2D eigenvalue weighted by atomic mass is 19.4. The Bertz CT molecular complexity index is 400. The molecule has 2 saturated carbocycles. The summed E-state index contributed by atoms with van der Waals surface area (Å²) in [6.45, 7) is 9.20. The number of alkyl halides is 3. The topological polar surface area (TPSA) is 9.23 Å². The van der Waals surface area contributed by atoms with E-state index >= 15 is 0 Å². The summed E-state index contributed by atoms with van der Waals surface area (Å²) in [7, 11) is 0. The molecule has 1 heterocycles. The van der Waals surface area contributed by atoms with E-state index in [1.807, 2.05) is 0 Å². The van der Waals surface area contributed by atoms with Crippen LogP contribution >= 0.6 is 0 Å². The lowest BCUT2D eigenvalue weighted by Gasteiger charge is -2.32. The Morgan fingerprint density at radius 1 is 1.22 bits per heavy atom. The molecule has 0 aromatic heterocycles. The van der Waals surface area contributed by atoms with Crippen LogP contribution in [-0.2, 0) is 4.74 Å². The maximum Gasteiger partial charge on any atom is 0.417 e. The highest BCUT2D eigenvalue weighted by molar-refractivity contribution is 5.22. The summed E-state index contributed by atoms with van der Waals surface area (Å²) in [5.74, 6) is -0.0274. The fourth-order valence-corrected chi connectivity index (χ4v) is 4.93. The summed E-state index contributed by atoms with van der Waals surface area (Å²) in [5.41, 5.74) is -2.04. The van der Waals surface area contributed by atoms with Gasteiger partial charge < -0.3 is 4.74 Å². The van der Waals surface area contributed by atoms with E-state index in [9.17, 15) is 13.2 Å². The molecule has 1 nitrogen and oxygen atoms in total. The molecule has 0 amide bonds. The average molecular weight is 260 g/mol. The van der Waals surface area contributed by atoms with Crippen molar-refractivity contribution in [3.8, 4) is 0 Å². The number of ether oxygens (including phenoxy) is 1. The molecule has 102 valence electrons. The van der Waals surface area contributed by atoms with Gasteiger partial charge in [0.2, 0.25) is 0 Å². The second-order valence-electron chi connectivity index (χ2n) is 6.80. The molecule has 1 aliphatic heterocycles. The van der Waals surface area contributed by atoms with E-state index in [-0.39, 0.29) is 29.3 Å². The molecule has 1 saturated heterocycles. The summed E-state index contributed by atoms with van der Waals surface area (Å²) in [4.78, 5) is 0. The lowest BCUT2D eigenvalue weighted by Crippen LogP contribution is -2.47. The van der Waals surface area contributed by atoms with E-state index in [4.69, 9.17) is 4.74 Å². The van der Waals surface area contributed by atoms with E-state index in [1.165, 1.54) is 6.92 Å². The van der Waals surface area contributed by atoms with Crippen molar-refractivity contribution in [2.75, 3.05) is 0 Å². The van der Waals surface area contributed by atoms with Crippen LogP contribution in [0.25, 0.3) is 0 Å². The Kier molecular flexibility index (Phi) is 2.18. The summed E-state index contributed by atoms with van der Waals surface area (Å²) in [6.07, 6.45) is -2.17. The fourth-order valence-electron chi connectivity index (χ4n) is 4.93. The van der Waals surface area contributed by atoms with Gasteiger partial charge in [0.15, 0.2) is 5.60 Å². The SMILES string of the molecule is C=CC1C2OC(C)(C(F)(F)F)C3CC1C(C)(C)C23. The van der Waals surface area contributed by atoms with E-state index in [2.05, 4.69) is 20.4 Å². The van der Waals surface area contributed by atoms with E-state index < -0.39 is 17.7 Å². The van der Waals surface area contributed by atoms with Gasteiger partial charge in [0, 0.05) is 11.8 Å². The largest absolute Gasteiger partial charge is 0.417 e. The first-order valence-corrected chi connectivity index (χ1v) is 6.51. The molecule has 3 aliphatic rings. The Morgan fingerprint density at radius 3 is 2.33 bits per heavy atom. The minimum atomic E-state index is -4.29. The van der Waals surface area contributed by atoms with Gasteiger partial charge in [-0.15, -0.1) is 6.58 Å². The zero-order valence-corrected chi connectivity index (χ0v) is 10.9. The van der Waals surface area contributed by atoms with Crippen molar-refractivity contribution in [1.29, 1.82) is 0 Å². The van der Waals surface area contributed by atoms with Crippen molar-refractivity contribution in [3.63, 3.8) is 0 Å². The van der Waals surface area contributed by atoms with Gasteiger partial charge in [0.05, 0.1) is 6.10 Å². The zero-order chi connectivity index (χ0) is 13.5. The van der Waals surface area contributed by atoms with Crippen LogP contribution in [0.5, 0.6) is 0 Å². The quantitative estimate of drug-likeness (QED) is 0.652. The molecule has 2 bridgehead atoms. The van der Waals surface area contributed by atoms with Crippen LogP contribution in [-0.4, -0.2) is 17.9 Å². The molecule has 3 rings (SSSR count). The first kappa shape index (κ1) is 12.5. The normalized spacial score (nSPS) is 52.9. The minimum Gasteiger partial charge on any atom is -0.361 e. The lowest BCUT2D eigenvalue weighted by atomic mass is 9.75. The highest BCUT2D eigenvalue weighted by Crippen LogP contribution is 2.72. The molecular formula is C14H19F3O. The second-order valence-corrected chi connectivity index (χ2v) is 6.80. The molecule has 4 heteroatoms. The summed E-state index contributed by atoms with van der Waals surface area (Å²) < 4.78 is 45.5. The van der Waals surface area contributed by atoms with Crippen molar-refractivity contribution in [1.82, 2.24) is 0 Å². The van der Waals surface area contributed by atoms with Crippen molar-refractivity contribution in [3.05, 3.63) is 12.7 Å². The van der Waals surface area contributed by atoms with Gasteiger partial charge in [-0.3, -0.25) is 0 Å². The molecule has 2 aliphatic carbocycles. The number of halogens is 3. The third kappa shape index (κ3) is 1.14. The second kappa shape index (κ2) is 3.14. The summed E-state index contributed by atoms with van der Waals surface area (Å²) >= 11 is 0. The molecule has 18 heavy (non-hydrogen) atoms. The van der Waals surface area contributed by atoms with Gasteiger partial charge >= 0.3 is 6.18 Å². The zero-order valence-electron chi connectivity index (χ0n) is 10.9. The highest BCUT2D eigenvalue weighted by Gasteiger charge is 2.76. The van der Waals surface area contributed by atoms with Gasteiger partial charge in [-0.05, 0) is 30.6 Å². The number of fused-ring (bicyclic) bond motifs is 1. The van der Waals surface area contributed by atoms with Crippen LogP contribution in [0.3, 0.4) is 0 Å². The Hall–Kier alpha value is -0.510. The standard InChI is InChI=1S/C14H19F3O/c1-5-7-8-6-9-10(12(8,2)3)11(7)18-13(9,4)14(15,16)17/h5,7-11H,1,6H2,2-4H3. The van der Waals surface area contributed by atoms with Gasteiger partial charge in [-0.1, -0.05) is 19.9 Å². The predicted octanol–water partition coefficient (Wildman–Crippen LogP) is 3.80. The molecule has 0 aromatic rings. The molecule has 6 atom stereocenters. The van der Waals surface area contributed by atoms with Crippen molar-refractivity contribution >= 4 is 0 Å². The number of rotatable bonds is 1. The van der Waals surface area contributed by atoms with Crippen LogP contribution < -0.4 is 0 Å².